The summed E-state index contributed by atoms with van der Waals surface area (Å²) < 4.78 is 0. The molecule has 3 N–H and O–H groups in total. The second kappa shape index (κ2) is 8.96. The summed E-state index contributed by atoms with van der Waals surface area (Å²) >= 11 is 0. The Morgan fingerprint density at radius 1 is 1.33 bits per heavy atom. The van der Waals surface area contributed by atoms with Crippen molar-refractivity contribution >= 4 is 18.3 Å². The van der Waals surface area contributed by atoms with Crippen molar-refractivity contribution in [3.63, 3.8) is 0 Å². The summed E-state index contributed by atoms with van der Waals surface area (Å²) in [6, 6.07) is -0.366. The zero-order valence-electron chi connectivity index (χ0n) is 14.3. The zero-order chi connectivity index (χ0) is 15.3. The van der Waals surface area contributed by atoms with E-state index in [1.165, 1.54) is 6.42 Å². The molecule has 0 bridgehead atoms. The van der Waals surface area contributed by atoms with Crippen molar-refractivity contribution in [2.75, 3.05) is 19.6 Å². The van der Waals surface area contributed by atoms with Gasteiger partial charge >= 0.3 is 0 Å². The maximum absolute atomic E-state index is 11.9. The van der Waals surface area contributed by atoms with E-state index in [1.54, 1.807) is 0 Å². The molecular weight excluding hydrogens is 286 g/mol. The van der Waals surface area contributed by atoms with E-state index in [4.69, 9.17) is 5.73 Å². The lowest BCUT2D eigenvalue weighted by Gasteiger charge is -2.45. The van der Waals surface area contributed by atoms with Gasteiger partial charge in [-0.1, -0.05) is 27.2 Å². The number of halogens is 1. The third-order valence-electron chi connectivity index (χ3n) is 4.36. The molecule has 0 aliphatic carbocycles. The van der Waals surface area contributed by atoms with Gasteiger partial charge in [-0.25, -0.2) is 0 Å². The standard InChI is InChI=1S/C16H33N3O.ClH/c1-6-7-14(17)15(20)18-11-16(4,5)19-9-12(2)8-13(3)10-19;/h12-14H,6-11,17H2,1-5H3,(H,18,20);1H. The summed E-state index contributed by atoms with van der Waals surface area (Å²) in [5.74, 6) is 1.45. The van der Waals surface area contributed by atoms with Gasteiger partial charge in [0.15, 0.2) is 0 Å². The Labute approximate surface area is 136 Å². The van der Waals surface area contributed by atoms with Crippen LogP contribution in [0.3, 0.4) is 0 Å². The van der Waals surface area contributed by atoms with Crippen LogP contribution in [0.5, 0.6) is 0 Å². The van der Waals surface area contributed by atoms with E-state index >= 15 is 0 Å². The van der Waals surface area contributed by atoms with Gasteiger partial charge < -0.3 is 11.1 Å². The molecule has 21 heavy (non-hydrogen) atoms. The van der Waals surface area contributed by atoms with Crippen LogP contribution in [0.4, 0.5) is 0 Å². The Kier molecular flexibility index (Phi) is 8.83. The van der Waals surface area contributed by atoms with E-state index in [0.29, 0.717) is 6.54 Å². The average molecular weight is 320 g/mol. The fourth-order valence-corrected chi connectivity index (χ4v) is 3.15. The highest BCUT2D eigenvalue weighted by molar-refractivity contribution is 5.85. The number of likely N-dealkylation sites (tertiary alicyclic amines) is 1. The van der Waals surface area contributed by atoms with Gasteiger partial charge in [0, 0.05) is 25.2 Å². The highest BCUT2D eigenvalue weighted by Gasteiger charge is 2.33. The van der Waals surface area contributed by atoms with E-state index in [2.05, 4.69) is 37.9 Å². The summed E-state index contributed by atoms with van der Waals surface area (Å²) in [6.45, 7) is 14.0. The topological polar surface area (TPSA) is 58.4 Å². The molecule has 1 heterocycles. The van der Waals surface area contributed by atoms with Crippen LogP contribution < -0.4 is 11.1 Å². The summed E-state index contributed by atoms with van der Waals surface area (Å²) in [7, 11) is 0. The van der Waals surface area contributed by atoms with Crippen molar-refractivity contribution in [3.05, 3.63) is 0 Å². The van der Waals surface area contributed by atoms with E-state index in [0.717, 1.165) is 37.8 Å². The largest absolute Gasteiger partial charge is 0.353 e. The van der Waals surface area contributed by atoms with Crippen LogP contribution >= 0.6 is 12.4 Å². The molecule has 3 unspecified atom stereocenters. The van der Waals surface area contributed by atoms with Gasteiger partial charge in [-0.3, -0.25) is 9.69 Å². The van der Waals surface area contributed by atoms with Gasteiger partial charge in [-0.05, 0) is 38.5 Å². The minimum atomic E-state index is -0.366. The van der Waals surface area contributed by atoms with E-state index in [-0.39, 0.29) is 29.9 Å². The number of nitrogens with zero attached hydrogens (tertiary/aromatic N) is 1. The fourth-order valence-electron chi connectivity index (χ4n) is 3.15. The first-order valence-corrected chi connectivity index (χ1v) is 8.04. The number of piperidine rings is 1. The van der Waals surface area contributed by atoms with Gasteiger partial charge in [0.2, 0.25) is 5.91 Å². The Hall–Kier alpha value is -0.320. The van der Waals surface area contributed by atoms with Gasteiger partial charge in [-0.15, -0.1) is 12.4 Å². The third-order valence-corrected chi connectivity index (χ3v) is 4.36. The normalized spacial score (nSPS) is 25.0. The minimum absolute atomic E-state index is 0. The molecule has 0 aromatic carbocycles. The minimum Gasteiger partial charge on any atom is -0.353 e. The van der Waals surface area contributed by atoms with Gasteiger partial charge in [0.1, 0.15) is 0 Å². The molecule has 1 rings (SSSR count). The van der Waals surface area contributed by atoms with Crippen molar-refractivity contribution in [1.82, 2.24) is 10.2 Å². The molecule has 1 amide bonds. The lowest BCUT2D eigenvalue weighted by Crippen LogP contribution is -2.57. The first kappa shape index (κ1) is 20.7. The lowest BCUT2D eigenvalue weighted by atomic mass is 9.88. The van der Waals surface area contributed by atoms with Crippen LogP contribution in [0.1, 0.15) is 53.9 Å². The summed E-state index contributed by atoms with van der Waals surface area (Å²) in [5, 5.41) is 3.03. The zero-order valence-corrected chi connectivity index (χ0v) is 15.1. The summed E-state index contributed by atoms with van der Waals surface area (Å²) in [4.78, 5) is 14.4. The lowest BCUT2D eigenvalue weighted by molar-refractivity contribution is -0.123. The van der Waals surface area contributed by atoms with Crippen LogP contribution in [0.25, 0.3) is 0 Å². The number of carbonyl (C=O) groups is 1. The van der Waals surface area contributed by atoms with Gasteiger partial charge in [-0.2, -0.15) is 0 Å². The molecule has 126 valence electrons. The Morgan fingerprint density at radius 3 is 2.33 bits per heavy atom. The second-order valence-electron chi connectivity index (χ2n) is 7.28. The summed E-state index contributed by atoms with van der Waals surface area (Å²) in [5.41, 5.74) is 5.84. The first-order chi connectivity index (χ1) is 9.26. The molecule has 0 spiro atoms. The number of carbonyl (C=O) groups excluding carboxylic acids is 1. The maximum Gasteiger partial charge on any atom is 0.236 e. The molecule has 0 radical (unpaired) electrons. The van der Waals surface area contributed by atoms with Crippen molar-refractivity contribution in [2.24, 2.45) is 17.6 Å². The third kappa shape index (κ3) is 6.54. The maximum atomic E-state index is 11.9. The molecule has 1 fully saturated rings. The Balaban J connectivity index is 0.00000400. The van der Waals surface area contributed by atoms with Crippen LogP contribution in [0.15, 0.2) is 0 Å². The number of hydrogen-bond donors (Lipinski definition) is 2. The van der Waals surface area contributed by atoms with Gasteiger partial charge in [0.25, 0.3) is 0 Å². The van der Waals surface area contributed by atoms with Crippen LogP contribution in [-0.2, 0) is 4.79 Å². The number of nitrogens with two attached hydrogens (primary N) is 1. The number of rotatable bonds is 6. The molecule has 1 aliphatic rings. The SMILES string of the molecule is CCCC(N)C(=O)NCC(C)(C)N1CC(C)CC(C)C1.Cl. The van der Waals surface area contributed by atoms with E-state index in [9.17, 15) is 4.79 Å². The predicted octanol–water partition coefficient (Wildman–Crippen LogP) is 2.41. The highest BCUT2D eigenvalue weighted by atomic mass is 35.5. The smallest absolute Gasteiger partial charge is 0.236 e. The van der Waals surface area contributed by atoms with Gasteiger partial charge in [0.05, 0.1) is 6.04 Å². The van der Waals surface area contributed by atoms with Crippen molar-refractivity contribution in [3.8, 4) is 0 Å². The van der Waals surface area contributed by atoms with E-state index < -0.39 is 0 Å². The monoisotopic (exact) mass is 319 g/mol. The molecule has 3 atom stereocenters. The Bertz CT molecular complexity index is 313. The number of hydrogen-bond acceptors (Lipinski definition) is 3. The molecular formula is C16H34ClN3O. The molecule has 1 saturated heterocycles. The number of amides is 1. The predicted molar refractivity (Wildman–Crippen MR) is 91.7 cm³/mol. The van der Waals surface area contributed by atoms with Crippen LogP contribution in [0, 0.1) is 11.8 Å². The molecule has 0 aromatic rings. The molecule has 4 nitrogen and oxygen atoms in total. The van der Waals surface area contributed by atoms with Crippen LogP contribution in [-0.4, -0.2) is 42.0 Å². The number of nitrogens with one attached hydrogen (secondary N) is 1. The molecule has 1 aliphatic heterocycles. The Morgan fingerprint density at radius 2 is 1.86 bits per heavy atom. The van der Waals surface area contributed by atoms with Crippen molar-refractivity contribution < 1.29 is 4.79 Å². The van der Waals surface area contributed by atoms with E-state index in [1.807, 2.05) is 6.92 Å². The second-order valence-corrected chi connectivity index (χ2v) is 7.28. The summed E-state index contributed by atoms with van der Waals surface area (Å²) in [6.07, 6.45) is 3.00. The highest BCUT2D eigenvalue weighted by Crippen LogP contribution is 2.26. The van der Waals surface area contributed by atoms with Crippen molar-refractivity contribution in [2.45, 2.75) is 65.5 Å². The van der Waals surface area contributed by atoms with Crippen molar-refractivity contribution in [1.29, 1.82) is 0 Å². The quantitative estimate of drug-likeness (QED) is 0.790. The molecule has 5 heteroatoms. The molecule has 0 aromatic heterocycles. The fraction of sp³-hybridized carbons (Fsp3) is 0.938. The first-order valence-electron chi connectivity index (χ1n) is 8.04. The average Bonchev–Trinajstić information content (AvgIpc) is 2.35. The molecule has 0 saturated carbocycles. The van der Waals surface area contributed by atoms with Crippen LogP contribution in [0.2, 0.25) is 0 Å².